The minimum Gasteiger partial charge on any atom is -0.462 e. The van der Waals surface area contributed by atoms with Crippen LogP contribution in [0.3, 0.4) is 0 Å². The molecule has 5 nitrogen and oxygen atoms in total. The van der Waals surface area contributed by atoms with Crippen molar-refractivity contribution >= 4 is 28.9 Å². The Balaban J connectivity index is 1.96. The first-order valence-electron chi connectivity index (χ1n) is 7.19. The van der Waals surface area contributed by atoms with Crippen molar-refractivity contribution in [3.63, 3.8) is 0 Å². The second-order valence-corrected chi connectivity index (χ2v) is 5.50. The monoisotopic (exact) mass is 312 g/mol. The van der Waals surface area contributed by atoms with Crippen molar-refractivity contribution < 1.29 is 14.3 Å². The van der Waals surface area contributed by atoms with Gasteiger partial charge in [-0.2, -0.15) is 0 Å². The van der Waals surface area contributed by atoms with Crippen LogP contribution in [0.2, 0.25) is 5.02 Å². The van der Waals surface area contributed by atoms with Gasteiger partial charge >= 0.3 is 5.97 Å². The molecule has 0 saturated heterocycles. The van der Waals surface area contributed by atoms with E-state index >= 15 is 0 Å². The van der Waals surface area contributed by atoms with Gasteiger partial charge in [0.25, 0.3) is 0 Å². The molecule has 0 spiro atoms. The van der Waals surface area contributed by atoms with Gasteiger partial charge in [0.2, 0.25) is 0 Å². The maximum absolute atomic E-state index is 11.9. The predicted molar refractivity (Wildman–Crippen MR) is 83.9 cm³/mol. The number of halogens is 1. The third-order valence-electron chi connectivity index (χ3n) is 3.21. The quantitative estimate of drug-likeness (QED) is 0.438. The van der Waals surface area contributed by atoms with Crippen molar-refractivity contribution in [3.8, 4) is 0 Å². The summed E-state index contributed by atoms with van der Waals surface area (Å²) < 4.78 is 10.6. The van der Waals surface area contributed by atoms with Gasteiger partial charge in [0, 0.05) is 18.8 Å². The summed E-state index contributed by atoms with van der Waals surface area (Å²) >= 11 is 6.16. The first-order chi connectivity index (χ1) is 10.1. The lowest BCUT2D eigenvalue weighted by molar-refractivity contribution is 0.0527. The van der Waals surface area contributed by atoms with Gasteiger partial charge in [0.15, 0.2) is 0 Å². The first kappa shape index (κ1) is 15.9. The van der Waals surface area contributed by atoms with Crippen LogP contribution in [0, 0.1) is 5.92 Å². The van der Waals surface area contributed by atoms with E-state index < -0.39 is 5.97 Å². The van der Waals surface area contributed by atoms with E-state index in [9.17, 15) is 4.79 Å². The molecule has 0 bridgehead atoms. The number of nitrogens with one attached hydrogen (secondary N) is 1. The van der Waals surface area contributed by atoms with Crippen LogP contribution in [-0.2, 0) is 9.47 Å². The van der Waals surface area contributed by atoms with Gasteiger partial charge in [-0.15, -0.1) is 0 Å². The number of anilines is 2. The molecular formula is C15H21ClN2O3. The fraction of sp³-hybridized carbons (Fsp3) is 0.533. The van der Waals surface area contributed by atoms with Gasteiger partial charge in [0.05, 0.1) is 29.5 Å². The van der Waals surface area contributed by atoms with Crippen LogP contribution in [0.1, 0.15) is 30.1 Å². The average molecular weight is 313 g/mol. The molecule has 0 aromatic heterocycles. The Hall–Kier alpha value is -1.46. The van der Waals surface area contributed by atoms with Crippen LogP contribution in [0.5, 0.6) is 0 Å². The van der Waals surface area contributed by atoms with Crippen LogP contribution in [0.15, 0.2) is 12.1 Å². The Labute approximate surface area is 129 Å². The predicted octanol–water partition coefficient (Wildman–Crippen LogP) is 2.94. The number of carbonyl (C=O) groups is 1. The molecule has 0 heterocycles. The zero-order chi connectivity index (χ0) is 15.2. The van der Waals surface area contributed by atoms with Crippen molar-refractivity contribution in [3.05, 3.63) is 22.7 Å². The highest BCUT2D eigenvalue weighted by atomic mass is 35.5. The van der Waals surface area contributed by atoms with Gasteiger partial charge in [-0.25, -0.2) is 4.79 Å². The molecule has 2 rings (SSSR count). The fourth-order valence-electron chi connectivity index (χ4n) is 1.96. The molecule has 0 unspecified atom stereocenters. The van der Waals surface area contributed by atoms with E-state index in [1.165, 1.54) is 12.8 Å². The Bertz CT molecular complexity index is 504. The third-order valence-corrected chi connectivity index (χ3v) is 3.50. The molecule has 1 aliphatic carbocycles. The summed E-state index contributed by atoms with van der Waals surface area (Å²) in [6.45, 7) is 4.00. The minimum atomic E-state index is -0.437. The molecule has 1 fully saturated rings. The van der Waals surface area contributed by atoms with E-state index in [0.717, 1.165) is 12.5 Å². The number of hydrogen-bond acceptors (Lipinski definition) is 5. The summed E-state index contributed by atoms with van der Waals surface area (Å²) in [5.74, 6) is 0.299. The lowest BCUT2D eigenvalue weighted by Gasteiger charge is -2.14. The van der Waals surface area contributed by atoms with Crippen LogP contribution in [0.4, 0.5) is 11.4 Å². The fourth-order valence-corrected chi connectivity index (χ4v) is 2.25. The molecular weight excluding hydrogens is 292 g/mol. The van der Waals surface area contributed by atoms with Gasteiger partial charge in [-0.3, -0.25) is 0 Å². The highest BCUT2D eigenvalue weighted by Crippen LogP contribution is 2.30. The zero-order valence-electron chi connectivity index (χ0n) is 12.2. The van der Waals surface area contributed by atoms with E-state index in [2.05, 4.69) is 5.32 Å². The zero-order valence-corrected chi connectivity index (χ0v) is 12.9. The normalized spacial score (nSPS) is 14.0. The van der Waals surface area contributed by atoms with E-state index in [4.69, 9.17) is 26.8 Å². The van der Waals surface area contributed by atoms with Crippen molar-refractivity contribution in [2.24, 2.45) is 5.92 Å². The molecule has 0 amide bonds. The Morgan fingerprint density at radius 3 is 2.90 bits per heavy atom. The number of ether oxygens (including phenoxy) is 2. The smallest absolute Gasteiger partial charge is 0.340 e. The average Bonchev–Trinajstić information content (AvgIpc) is 3.24. The summed E-state index contributed by atoms with van der Waals surface area (Å²) in [5.41, 5.74) is 7.06. The highest BCUT2D eigenvalue weighted by molar-refractivity contribution is 6.34. The molecule has 0 atom stereocenters. The van der Waals surface area contributed by atoms with E-state index in [0.29, 0.717) is 41.7 Å². The molecule has 21 heavy (non-hydrogen) atoms. The standard InChI is InChI=1S/C15H21ClN2O3/c1-2-21-15(19)12-7-11(17)8-13(16)14(12)18-5-6-20-9-10-3-4-10/h7-8,10,18H,2-6,9,17H2,1H3. The lowest BCUT2D eigenvalue weighted by atomic mass is 10.1. The first-order valence-corrected chi connectivity index (χ1v) is 7.57. The number of benzene rings is 1. The Morgan fingerprint density at radius 2 is 2.24 bits per heavy atom. The van der Waals surface area contributed by atoms with Gasteiger partial charge in [-0.1, -0.05) is 11.6 Å². The summed E-state index contributed by atoms with van der Waals surface area (Å²) in [7, 11) is 0. The molecule has 0 aliphatic heterocycles. The summed E-state index contributed by atoms with van der Waals surface area (Å²) in [5, 5.41) is 3.53. The third kappa shape index (κ3) is 4.79. The van der Waals surface area contributed by atoms with Crippen molar-refractivity contribution in [2.45, 2.75) is 19.8 Å². The molecule has 0 radical (unpaired) electrons. The van der Waals surface area contributed by atoms with Crippen molar-refractivity contribution in [1.29, 1.82) is 0 Å². The lowest BCUT2D eigenvalue weighted by Crippen LogP contribution is -2.15. The van der Waals surface area contributed by atoms with Crippen molar-refractivity contribution in [2.75, 3.05) is 37.4 Å². The molecule has 1 saturated carbocycles. The number of nitrogens with two attached hydrogens (primary N) is 1. The number of nitrogen functional groups attached to an aromatic ring is 1. The van der Waals surface area contributed by atoms with Crippen LogP contribution in [0.25, 0.3) is 0 Å². The van der Waals surface area contributed by atoms with Gasteiger partial charge in [-0.05, 0) is 37.8 Å². The highest BCUT2D eigenvalue weighted by Gasteiger charge is 2.21. The summed E-state index contributed by atoms with van der Waals surface area (Å²) in [6, 6.07) is 3.18. The van der Waals surface area contributed by atoms with E-state index in [1.807, 2.05) is 0 Å². The summed E-state index contributed by atoms with van der Waals surface area (Å²) in [4.78, 5) is 11.9. The SMILES string of the molecule is CCOC(=O)c1cc(N)cc(Cl)c1NCCOCC1CC1. The number of hydrogen-bond donors (Lipinski definition) is 2. The van der Waals surface area contributed by atoms with Crippen LogP contribution in [-0.4, -0.2) is 32.3 Å². The van der Waals surface area contributed by atoms with E-state index in [1.54, 1.807) is 19.1 Å². The molecule has 1 aromatic rings. The van der Waals surface area contributed by atoms with Gasteiger partial charge in [0.1, 0.15) is 0 Å². The topological polar surface area (TPSA) is 73.6 Å². The molecule has 3 N–H and O–H groups in total. The molecule has 6 heteroatoms. The molecule has 1 aliphatic rings. The summed E-state index contributed by atoms with van der Waals surface area (Å²) in [6.07, 6.45) is 2.54. The molecule has 1 aromatic carbocycles. The number of rotatable bonds is 8. The number of carbonyl (C=O) groups excluding carboxylic acids is 1. The Kier molecular flexibility index (Phi) is 5.70. The maximum Gasteiger partial charge on any atom is 0.340 e. The van der Waals surface area contributed by atoms with Crippen LogP contribution < -0.4 is 11.1 Å². The maximum atomic E-state index is 11.9. The second kappa shape index (κ2) is 7.52. The van der Waals surface area contributed by atoms with Crippen molar-refractivity contribution in [1.82, 2.24) is 0 Å². The minimum absolute atomic E-state index is 0.301. The molecule has 116 valence electrons. The van der Waals surface area contributed by atoms with Gasteiger partial charge < -0.3 is 20.5 Å². The van der Waals surface area contributed by atoms with E-state index in [-0.39, 0.29) is 0 Å². The largest absolute Gasteiger partial charge is 0.462 e. The second-order valence-electron chi connectivity index (χ2n) is 5.09. The Morgan fingerprint density at radius 1 is 1.48 bits per heavy atom. The van der Waals surface area contributed by atoms with Crippen LogP contribution >= 0.6 is 11.6 Å². The number of esters is 1.